The SMILES string of the molecule is CNC(=O)C(C(=S)NC)c1ccccn1. The number of nitrogens with one attached hydrogen (secondary N) is 2. The zero-order valence-electron chi connectivity index (χ0n) is 8.65. The summed E-state index contributed by atoms with van der Waals surface area (Å²) in [5, 5.41) is 5.38. The highest BCUT2D eigenvalue weighted by Crippen LogP contribution is 2.14. The minimum atomic E-state index is -0.517. The maximum absolute atomic E-state index is 11.6. The van der Waals surface area contributed by atoms with Crippen LogP contribution in [-0.4, -0.2) is 30.0 Å². The summed E-state index contributed by atoms with van der Waals surface area (Å²) in [4.78, 5) is 16.2. The summed E-state index contributed by atoms with van der Waals surface area (Å²) in [6.45, 7) is 0. The van der Waals surface area contributed by atoms with E-state index in [0.29, 0.717) is 10.7 Å². The van der Waals surface area contributed by atoms with Crippen LogP contribution in [0.1, 0.15) is 11.6 Å². The molecule has 0 radical (unpaired) electrons. The molecule has 0 spiro atoms. The second kappa shape index (κ2) is 5.41. The lowest BCUT2D eigenvalue weighted by atomic mass is 10.0. The van der Waals surface area contributed by atoms with Crippen molar-refractivity contribution in [3.05, 3.63) is 30.1 Å². The molecule has 0 aliphatic rings. The van der Waals surface area contributed by atoms with Crippen molar-refractivity contribution in [2.24, 2.45) is 0 Å². The number of carbonyl (C=O) groups is 1. The van der Waals surface area contributed by atoms with Gasteiger partial charge in [-0.15, -0.1) is 0 Å². The number of hydrogen-bond donors (Lipinski definition) is 2. The van der Waals surface area contributed by atoms with Crippen molar-refractivity contribution in [3.63, 3.8) is 0 Å². The van der Waals surface area contributed by atoms with E-state index in [1.807, 2.05) is 6.07 Å². The summed E-state index contributed by atoms with van der Waals surface area (Å²) in [7, 11) is 3.28. The zero-order valence-corrected chi connectivity index (χ0v) is 9.47. The van der Waals surface area contributed by atoms with Crippen LogP contribution < -0.4 is 10.6 Å². The van der Waals surface area contributed by atoms with Gasteiger partial charge < -0.3 is 10.6 Å². The van der Waals surface area contributed by atoms with Crippen LogP contribution in [0.2, 0.25) is 0 Å². The minimum Gasteiger partial charge on any atom is -0.382 e. The fourth-order valence-corrected chi connectivity index (χ4v) is 1.45. The number of nitrogens with zero attached hydrogens (tertiary/aromatic N) is 1. The molecule has 1 unspecified atom stereocenters. The van der Waals surface area contributed by atoms with E-state index in [4.69, 9.17) is 12.2 Å². The van der Waals surface area contributed by atoms with Gasteiger partial charge in [-0.05, 0) is 12.1 Å². The van der Waals surface area contributed by atoms with Gasteiger partial charge in [-0.2, -0.15) is 0 Å². The normalized spacial score (nSPS) is 11.6. The molecule has 0 saturated heterocycles. The first-order chi connectivity index (χ1) is 7.20. The molecular weight excluding hydrogens is 210 g/mol. The maximum atomic E-state index is 11.6. The van der Waals surface area contributed by atoms with Crippen LogP contribution in [0.3, 0.4) is 0 Å². The van der Waals surface area contributed by atoms with Crippen molar-refractivity contribution < 1.29 is 4.79 Å². The molecule has 5 heteroatoms. The van der Waals surface area contributed by atoms with Gasteiger partial charge in [-0.1, -0.05) is 18.3 Å². The van der Waals surface area contributed by atoms with Gasteiger partial charge in [-0.3, -0.25) is 9.78 Å². The molecule has 0 saturated carbocycles. The van der Waals surface area contributed by atoms with Gasteiger partial charge in [0, 0.05) is 20.3 Å². The number of hydrogen-bond acceptors (Lipinski definition) is 3. The maximum Gasteiger partial charge on any atom is 0.235 e. The molecule has 4 nitrogen and oxygen atoms in total. The Bertz CT molecular complexity index is 337. The van der Waals surface area contributed by atoms with Gasteiger partial charge >= 0.3 is 0 Å². The topological polar surface area (TPSA) is 54.0 Å². The van der Waals surface area contributed by atoms with Gasteiger partial charge in [0.15, 0.2) is 0 Å². The highest BCUT2D eigenvalue weighted by molar-refractivity contribution is 7.80. The molecular formula is C10H13N3OS. The van der Waals surface area contributed by atoms with E-state index in [-0.39, 0.29) is 5.91 Å². The molecule has 0 aromatic carbocycles. The molecule has 1 heterocycles. The van der Waals surface area contributed by atoms with Crippen LogP contribution in [0.25, 0.3) is 0 Å². The summed E-state index contributed by atoms with van der Waals surface area (Å²) in [6, 6.07) is 5.41. The van der Waals surface area contributed by atoms with E-state index in [9.17, 15) is 4.79 Å². The van der Waals surface area contributed by atoms with Gasteiger partial charge in [0.2, 0.25) is 5.91 Å². The number of rotatable bonds is 3. The van der Waals surface area contributed by atoms with Gasteiger partial charge in [-0.25, -0.2) is 0 Å². The predicted octanol–water partition coefficient (Wildman–Crippen LogP) is 0.458. The zero-order chi connectivity index (χ0) is 11.3. The number of thiocarbonyl (C=S) groups is 1. The molecule has 1 amide bonds. The number of amides is 1. The third-order valence-corrected chi connectivity index (χ3v) is 2.44. The summed E-state index contributed by atoms with van der Waals surface area (Å²) < 4.78 is 0. The average molecular weight is 223 g/mol. The molecule has 80 valence electrons. The quantitative estimate of drug-likeness (QED) is 0.731. The number of pyridine rings is 1. The summed E-state index contributed by atoms with van der Waals surface area (Å²) in [5.74, 6) is -0.677. The van der Waals surface area contributed by atoms with Crippen LogP contribution in [0.4, 0.5) is 0 Å². The molecule has 0 bridgehead atoms. The average Bonchev–Trinajstić information content (AvgIpc) is 2.30. The van der Waals surface area contributed by atoms with Gasteiger partial charge in [0.05, 0.1) is 10.7 Å². The Kier molecular flexibility index (Phi) is 4.17. The summed E-state index contributed by atoms with van der Waals surface area (Å²) >= 11 is 5.09. The van der Waals surface area contributed by atoms with E-state index < -0.39 is 5.92 Å². The largest absolute Gasteiger partial charge is 0.382 e. The van der Waals surface area contributed by atoms with Crippen molar-refractivity contribution >= 4 is 23.1 Å². The lowest BCUT2D eigenvalue weighted by molar-refractivity contribution is -0.120. The van der Waals surface area contributed by atoms with Gasteiger partial charge in [0.25, 0.3) is 0 Å². The molecule has 0 aliphatic heterocycles. The number of carbonyl (C=O) groups excluding carboxylic acids is 1. The van der Waals surface area contributed by atoms with E-state index in [0.717, 1.165) is 0 Å². The highest BCUT2D eigenvalue weighted by Gasteiger charge is 2.24. The molecule has 1 rings (SSSR count). The highest BCUT2D eigenvalue weighted by atomic mass is 32.1. The van der Waals surface area contributed by atoms with Crippen LogP contribution in [0.5, 0.6) is 0 Å². The smallest absolute Gasteiger partial charge is 0.235 e. The third-order valence-electron chi connectivity index (χ3n) is 2.00. The van der Waals surface area contributed by atoms with Crippen LogP contribution >= 0.6 is 12.2 Å². The van der Waals surface area contributed by atoms with Crippen molar-refractivity contribution in [1.82, 2.24) is 15.6 Å². The Morgan fingerprint density at radius 2 is 2.13 bits per heavy atom. The molecule has 0 aliphatic carbocycles. The lowest BCUT2D eigenvalue weighted by Crippen LogP contribution is -2.36. The fraction of sp³-hybridized carbons (Fsp3) is 0.300. The monoisotopic (exact) mass is 223 g/mol. The Labute approximate surface area is 94.1 Å². The standard InChI is InChI=1S/C10H13N3OS/c1-11-9(14)8(10(15)12-2)7-5-3-4-6-13-7/h3-6,8H,1-2H3,(H,11,14)(H,12,15). The lowest BCUT2D eigenvalue weighted by Gasteiger charge is -2.15. The van der Waals surface area contributed by atoms with E-state index in [1.165, 1.54) is 0 Å². The van der Waals surface area contributed by atoms with Crippen LogP contribution in [-0.2, 0) is 4.79 Å². The van der Waals surface area contributed by atoms with Crippen molar-refractivity contribution in [2.75, 3.05) is 14.1 Å². The summed E-state index contributed by atoms with van der Waals surface area (Å²) in [5.41, 5.74) is 0.649. The number of likely N-dealkylation sites (N-methyl/N-ethyl adjacent to an activating group) is 2. The van der Waals surface area contributed by atoms with Gasteiger partial charge in [0.1, 0.15) is 5.92 Å². The Hall–Kier alpha value is -1.49. The Morgan fingerprint density at radius 1 is 1.40 bits per heavy atom. The summed E-state index contributed by atoms with van der Waals surface area (Å²) in [6.07, 6.45) is 1.64. The fourth-order valence-electron chi connectivity index (χ4n) is 1.22. The first kappa shape index (κ1) is 11.6. The molecule has 1 aromatic heterocycles. The molecule has 0 fully saturated rings. The third kappa shape index (κ3) is 2.73. The Balaban J connectivity index is 3.02. The Morgan fingerprint density at radius 3 is 2.60 bits per heavy atom. The van der Waals surface area contributed by atoms with Crippen LogP contribution in [0.15, 0.2) is 24.4 Å². The van der Waals surface area contributed by atoms with E-state index in [1.54, 1.807) is 32.4 Å². The predicted molar refractivity (Wildman–Crippen MR) is 62.7 cm³/mol. The first-order valence-corrected chi connectivity index (χ1v) is 4.95. The van der Waals surface area contributed by atoms with Crippen molar-refractivity contribution in [2.45, 2.75) is 5.92 Å². The van der Waals surface area contributed by atoms with E-state index >= 15 is 0 Å². The first-order valence-electron chi connectivity index (χ1n) is 4.54. The van der Waals surface area contributed by atoms with E-state index in [2.05, 4.69) is 15.6 Å². The minimum absolute atomic E-state index is 0.159. The van der Waals surface area contributed by atoms with Crippen molar-refractivity contribution in [1.29, 1.82) is 0 Å². The second-order valence-corrected chi connectivity index (χ2v) is 3.36. The molecule has 2 N–H and O–H groups in total. The molecule has 15 heavy (non-hydrogen) atoms. The number of aromatic nitrogens is 1. The second-order valence-electron chi connectivity index (χ2n) is 2.92. The molecule has 1 aromatic rings. The van der Waals surface area contributed by atoms with Crippen molar-refractivity contribution in [3.8, 4) is 0 Å². The van der Waals surface area contributed by atoms with Crippen LogP contribution in [0, 0.1) is 0 Å². The molecule has 1 atom stereocenters.